The van der Waals surface area contributed by atoms with Gasteiger partial charge >= 0.3 is 0 Å². The molecule has 0 unspecified atom stereocenters. The SMILES string of the molecule is CCCCOc1ccc(C(=O)N(C)Cc2nc3ccccc3s2)cc1OC. The summed E-state index contributed by atoms with van der Waals surface area (Å²) in [6.07, 6.45) is 2.05. The maximum absolute atomic E-state index is 12.8. The molecule has 0 saturated carbocycles. The van der Waals surface area contributed by atoms with Gasteiger partial charge in [0, 0.05) is 12.6 Å². The molecule has 27 heavy (non-hydrogen) atoms. The van der Waals surface area contributed by atoms with Gasteiger partial charge < -0.3 is 14.4 Å². The van der Waals surface area contributed by atoms with Crippen LogP contribution in [0.5, 0.6) is 11.5 Å². The zero-order valence-electron chi connectivity index (χ0n) is 15.9. The highest BCUT2D eigenvalue weighted by Gasteiger charge is 2.16. The molecule has 2 aromatic carbocycles. The van der Waals surface area contributed by atoms with Crippen molar-refractivity contribution in [1.29, 1.82) is 0 Å². The molecule has 0 bridgehead atoms. The Morgan fingerprint density at radius 2 is 2.00 bits per heavy atom. The number of thiazole rings is 1. The van der Waals surface area contributed by atoms with Crippen LogP contribution in [0.15, 0.2) is 42.5 Å². The average molecular weight is 385 g/mol. The highest BCUT2D eigenvalue weighted by Crippen LogP contribution is 2.29. The van der Waals surface area contributed by atoms with Gasteiger partial charge in [-0.25, -0.2) is 4.98 Å². The van der Waals surface area contributed by atoms with Crippen molar-refractivity contribution in [2.24, 2.45) is 0 Å². The number of aromatic nitrogens is 1. The predicted molar refractivity (Wildman–Crippen MR) is 109 cm³/mol. The Morgan fingerprint density at radius 3 is 2.74 bits per heavy atom. The van der Waals surface area contributed by atoms with E-state index in [-0.39, 0.29) is 5.91 Å². The van der Waals surface area contributed by atoms with E-state index < -0.39 is 0 Å². The molecule has 0 aliphatic carbocycles. The van der Waals surface area contributed by atoms with Crippen LogP contribution in [0.2, 0.25) is 0 Å². The van der Waals surface area contributed by atoms with Gasteiger partial charge in [-0.2, -0.15) is 0 Å². The molecule has 0 saturated heterocycles. The largest absolute Gasteiger partial charge is 0.493 e. The van der Waals surface area contributed by atoms with Crippen LogP contribution in [0.25, 0.3) is 10.2 Å². The molecule has 0 N–H and O–H groups in total. The summed E-state index contributed by atoms with van der Waals surface area (Å²) in [5, 5.41) is 0.915. The van der Waals surface area contributed by atoms with Crippen molar-refractivity contribution in [2.45, 2.75) is 26.3 Å². The number of amides is 1. The number of fused-ring (bicyclic) bond motifs is 1. The summed E-state index contributed by atoms with van der Waals surface area (Å²) in [6, 6.07) is 13.3. The van der Waals surface area contributed by atoms with Crippen molar-refractivity contribution in [1.82, 2.24) is 9.88 Å². The van der Waals surface area contributed by atoms with Crippen LogP contribution in [0.3, 0.4) is 0 Å². The molecule has 142 valence electrons. The van der Waals surface area contributed by atoms with E-state index in [4.69, 9.17) is 9.47 Å². The number of methoxy groups -OCH3 is 1. The third-order valence-corrected chi connectivity index (χ3v) is 5.24. The number of carbonyl (C=O) groups is 1. The second kappa shape index (κ2) is 8.86. The lowest BCUT2D eigenvalue weighted by atomic mass is 10.1. The molecule has 0 atom stereocenters. The average Bonchev–Trinajstić information content (AvgIpc) is 3.10. The molecular weight excluding hydrogens is 360 g/mol. The molecule has 0 fully saturated rings. The first kappa shape index (κ1) is 19.2. The van der Waals surface area contributed by atoms with Crippen molar-refractivity contribution in [3.8, 4) is 11.5 Å². The number of unbranched alkanes of at least 4 members (excludes halogenated alkanes) is 1. The summed E-state index contributed by atoms with van der Waals surface area (Å²) >= 11 is 1.61. The van der Waals surface area contributed by atoms with E-state index in [0.717, 1.165) is 28.1 Å². The van der Waals surface area contributed by atoms with E-state index in [1.54, 1.807) is 48.6 Å². The quantitative estimate of drug-likeness (QED) is 0.526. The Kier molecular flexibility index (Phi) is 6.29. The van der Waals surface area contributed by atoms with E-state index in [2.05, 4.69) is 11.9 Å². The Bertz CT molecular complexity index is 890. The fourth-order valence-corrected chi connectivity index (χ4v) is 3.75. The smallest absolute Gasteiger partial charge is 0.254 e. The van der Waals surface area contributed by atoms with Gasteiger partial charge in [0.25, 0.3) is 5.91 Å². The normalized spacial score (nSPS) is 10.8. The number of ether oxygens (including phenoxy) is 2. The summed E-state index contributed by atoms with van der Waals surface area (Å²) in [7, 11) is 3.37. The van der Waals surface area contributed by atoms with Gasteiger partial charge in [0.15, 0.2) is 11.5 Å². The number of hydrogen-bond donors (Lipinski definition) is 0. The monoisotopic (exact) mass is 384 g/mol. The van der Waals surface area contributed by atoms with Crippen molar-refractivity contribution >= 4 is 27.5 Å². The topological polar surface area (TPSA) is 51.7 Å². The lowest BCUT2D eigenvalue weighted by molar-refractivity contribution is 0.0784. The van der Waals surface area contributed by atoms with Crippen molar-refractivity contribution in [2.75, 3.05) is 20.8 Å². The molecular formula is C21H24N2O3S. The Labute approximate surface area is 163 Å². The zero-order chi connectivity index (χ0) is 19.2. The van der Waals surface area contributed by atoms with Gasteiger partial charge in [0.1, 0.15) is 5.01 Å². The van der Waals surface area contributed by atoms with Crippen LogP contribution >= 0.6 is 11.3 Å². The molecule has 1 amide bonds. The van der Waals surface area contributed by atoms with E-state index >= 15 is 0 Å². The summed E-state index contributed by atoms with van der Waals surface area (Å²) in [5.74, 6) is 1.16. The highest BCUT2D eigenvalue weighted by atomic mass is 32.1. The number of rotatable bonds is 8. The standard InChI is InChI=1S/C21H24N2O3S/c1-4-5-12-26-17-11-10-15(13-18(17)25-3)21(24)23(2)14-20-22-16-8-6-7-9-19(16)27-20/h6-11,13H,4-5,12,14H2,1-3H3. The van der Waals surface area contributed by atoms with Crippen LogP contribution in [0.1, 0.15) is 35.1 Å². The van der Waals surface area contributed by atoms with Crippen LogP contribution in [0, 0.1) is 0 Å². The number of benzene rings is 2. The first-order chi connectivity index (χ1) is 13.1. The van der Waals surface area contributed by atoms with Crippen molar-refractivity contribution in [3.63, 3.8) is 0 Å². The number of nitrogens with zero attached hydrogens (tertiary/aromatic N) is 2. The number of carbonyl (C=O) groups excluding carboxylic acids is 1. The fraction of sp³-hybridized carbons (Fsp3) is 0.333. The van der Waals surface area contributed by atoms with Crippen molar-refractivity contribution in [3.05, 3.63) is 53.0 Å². The van der Waals surface area contributed by atoms with E-state index in [9.17, 15) is 4.79 Å². The van der Waals surface area contributed by atoms with Gasteiger partial charge in [-0.15, -0.1) is 11.3 Å². The fourth-order valence-electron chi connectivity index (χ4n) is 2.73. The van der Waals surface area contributed by atoms with Crippen LogP contribution in [-0.4, -0.2) is 36.6 Å². The van der Waals surface area contributed by atoms with Crippen LogP contribution in [0.4, 0.5) is 0 Å². The van der Waals surface area contributed by atoms with Gasteiger partial charge in [-0.1, -0.05) is 25.5 Å². The molecule has 1 heterocycles. The minimum absolute atomic E-state index is 0.0762. The first-order valence-corrected chi connectivity index (χ1v) is 9.84. The number of hydrogen-bond acceptors (Lipinski definition) is 5. The van der Waals surface area contributed by atoms with Crippen LogP contribution < -0.4 is 9.47 Å². The van der Waals surface area contributed by atoms with Crippen LogP contribution in [-0.2, 0) is 6.54 Å². The maximum Gasteiger partial charge on any atom is 0.254 e. The molecule has 5 nitrogen and oxygen atoms in total. The molecule has 0 aliphatic heterocycles. The predicted octanol–water partition coefficient (Wildman–Crippen LogP) is 4.76. The Balaban J connectivity index is 1.71. The zero-order valence-corrected chi connectivity index (χ0v) is 16.7. The minimum Gasteiger partial charge on any atom is -0.493 e. The summed E-state index contributed by atoms with van der Waals surface area (Å²) in [6.45, 7) is 3.22. The third-order valence-electron chi connectivity index (χ3n) is 4.22. The second-order valence-corrected chi connectivity index (χ2v) is 7.42. The molecule has 1 aromatic heterocycles. The first-order valence-electron chi connectivity index (χ1n) is 9.03. The van der Waals surface area contributed by atoms with E-state index in [0.29, 0.717) is 30.2 Å². The highest BCUT2D eigenvalue weighted by molar-refractivity contribution is 7.18. The molecule has 0 radical (unpaired) electrons. The van der Waals surface area contributed by atoms with Crippen molar-refractivity contribution < 1.29 is 14.3 Å². The maximum atomic E-state index is 12.8. The summed E-state index contributed by atoms with van der Waals surface area (Å²) in [5.41, 5.74) is 1.53. The van der Waals surface area contributed by atoms with Gasteiger partial charge in [-0.3, -0.25) is 4.79 Å². The Hall–Kier alpha value is -2.60. The molecule has 6 heteroatoms. The van der Waals surface area contributed by atoms with Gasteiger partial charge in [-0.05, 0) is 36.8 Å². The van der Waals surface area contributed by atoms with Gasteiger partial charge in [0.2, 0.25) is 0 Å². The Morgan fingerprint density at radius 1 is 1.19 bits per heavy atom. The third kappa shape index (κ3) is 4.57. The molecule has 0 aliphatic rings. The number of para-hydroxylation sites is 1. The van der Waals surface area contributed by atoms with E-state index in [1.165, 1.54) is 0 Å². The molecule has 0 spiro atoms. The molecule has 3 rings (SSSR count). The minimum atomic E-state index is -0.0762. The van der Waals surface area contributed by atoms with Gasteiger partial charge in [0.05, 0.1) is 30.5 Å². The second-order valence-electron chi connectivity index (χ2n) is 6.30. The summed E-state index contributed by atoms with van der Waals surface area (Å²) < 4.78 is 12.3. The summed E-state index contributed by atoms with van der Waals surface area (Å²) in [4.78, 5) is 19.1. The lowest BCUT2D eigenvalue weighted by Gasteiger charge is -2.17. The molecule has 3 aromatic rings. The lowest BCUT2D eigenvalue weighted by Crippen LogP contribution is -2.26. The van der Waals surface area contributed by atoms with E-state index in [1.807, 2.05) is 24.3 Å².